The Morgan fingerprint density at radius 1 is 1.27 bits per heavy atom. The topological polar surface area (TPSA) is 43.1 Å². The first kappa shape index (κ1) is 10.2. The molecule has 2 N–H and O–H groups in total. The lowest BCUT2D eigenvalue weighted by molar-refractivity contribution is 0.0791. The molecule has 0 bridgehead atoms. The second-order valence-corrected chi connectivity index (χ2v) is 3.94. The maximum atomic E-state index is 13.3. The predicted molar refractivity (Wildman–Crippen MR) is 51.5 cm³/mol. The molecular formula is C11H11F2NO. The lowest BCUT2D eigenvalue weighted by Crippen LogP contribution is -2.54. The Morgan fingerprint density at radius 3 is 2.20 bits per heavy atom. The van der Waals surface area contributed by atoms with E-state index in [0.29, 0.717) is 12.8 Å². The minimum Gasteiger partial charge on any atom is -0.319 e. The van der Waals surface area contributed by atoms with Crippen molar-refractivity contribution in [1.82, 2.24) is 0 Å². The molecule has 0 atom stereocenters. The average molecular weight is 211 g/mol. The van der Waals surface area contributed by atoms with Crippen molar-refractivity contribution in [3.63, 3.8) is 0 Å². The summed E-state index contributed by atoms with van der Waals surface area (Å²) in [6, 6.07) is 3.36. The molecule has 1 aliphatic carbocycles. The molecular weight excluding hydrogens is 200 g/mol. The van der Waals surface area contributed by atoms with Crippen molar-refractivity contribution in [2.24, 2.45) is 5.73 Å². The number of nitrogens with two attached hydrogens (primary N) is 1. The lowest BCUT2D eigenvalue weighted by atomic mass is 9.72. The zero-order chi connectivity index (χ0) is 11.1. The van der Waals surface area contributed by atoms with Gasteiger partial charge in [0.15, 0.2) is 5.78 Å². The van der Waals surface area contributed by atoms with E-state index < -0.39 is 28.5 Å². The van der Waals surface area contributed by atoms with Crippen LogP contribution in [0.4, 0.5) is 8.78 Å². The summed E-state index contributed by atoms with van der Waals surface area (Å²) in [5.74, 6) is -2.29. The highest BCUT2D eigenvalue weighted by atomic mass is 19.1. The van der Waals surface area contributed by atoms with E-state index in [9.17, 15) is 13.6 Å². The monoisotopic (exact) mass is 211 g/mol. The molecule has 0 spiro atoms. The fourth-order valence-corrected chi connectivity index (χ4v) is 1.75. The Morgan fingerprint density at radius 2 is 1.80 bits per heavy atom. The number of halogens is 2. The molecule has 0 heterocycles. The van der Waals surface area contributed by atoms with Gasteiger partial charge >= 0.3 is 0 Å². The Labute approximate surface area is 86.1 Å². The first-order chi connectivity index (χ1) is 7.04. The van der Waals surface area contributed by atoms with Crippen molar-refractivity contribution in [1.29, 1.82) is 0 Å². The van der Waals surface area contributed by atoms with Crippen molar-refractivity contribution >= 4 is 5.78 Å². The molecule has 0 radical (unpaired) electrons. The van der Waals surface area contributed by atoms with Gasteiger partial charge < -0.3 is 5.73 Å². The molecule has 0 unspecified atom stereocenters. The quantitative estimate of drug-likeness (QED) is 0.760. The van der Waals surface area contributed by atoms with E-state index >= 15 is 0 Å². The van der Waals surface area contributed by atoms with Crippen LogP contribution in [0.1, 0.15) is 29.6 Å². The minimum absolute atomic E-state index is 0.500. The Bertz CT molecular complexity index is 393. The lowest BCUT2D eigenvalue weighted by Gasteiger charge is -2.36. The van der Waals surface area contributed by atoms with Crippen LogP contribution in [0.25, 0.3) is 0 Å². The summed E-state index contributed by atoms with van der Waals surface area (Å²) < 4.78 is 26.6. The van der Waals surface area contributed by atoms with Gasteiger partial charge in [0.05, 0.1) is 11.1 Å². The minimum atomic E-state index is -1.05. The van der Waals surface area contributed by atoms with E-state index in [1.807, 2.05) is 0 Å². The summed E-state index contributed by atoms with van der Waals surface area (Å²) in [6.45, 7) is 0. The highest BCUT2D eigenvalue weighted by Gasteiger charge is 2.42. The van der Waals surface area contributed by atoms with Crippen LogP contribution in [-0.4, -0.2) is 11.3 Å². The molecule has 1 aromatic carbocycles. The third-order valence-corrected chi connectivity index (χ3v) is 2.89. The summed E-state index contributed by atoms with van der Waals surface area (Å²) in [7, 11) is 0. The van der Waals surface area contributed by atoms with Gasteiger partial charge in [0, 0.05) is 0 Å². The van der Waals surface area contributed by atoms with Crippen LogP contribution in [0.5, 0.6) is 0 Å². The number of carbonyl (C=O) groups excluding carboxylic acids is 1. The second kappa shape index (κ2) is 3.38. The highest BCUT2D eigenvalue weighted by Crippen LogP contribution is 2.33. The van der Waals surface area contributed by atoms with Crippen LogP contribution >= 0.6 is 0 Å². The maximum absolute atomic E-state index is 13.3. The molecule has 15 heavy (non-hydrogen) atoms. The van der Waals surface area contributed by atoms with Gasteiger partial charge in [-0.1, -0.05) is 6.07 Å². The summed E-state index contributed by atoms with van der Waals surface area (Å²) in [4.78, 5) is 11.8. The average Bonchev–Trinajstić information content (AvgIpc) is 2.13. The smallest absolute Gasteiger partial charge is 0.188 e. The van der Waals surface area contributed by atoms with Crippen molar-refractivity contribution in [3.8, 4) is 0 Å². The molecule has 0 aliphatic heterocycles. The van der Waals surface area contributed by atoms with Crippen LogP contribution in [0, 0.1) is 11.6 Å². The van der Waals surface area contributed by atoms with Crippen LogP contribution in [0.15, 0.2) is 18.2 Å². The largest absolute Gasteiger partial charge is 0.319 e. The molecule has 4 heteroatoms. The normalized spacial score (nSPS) is 18.3. The first-order valence-electron chi connectivity index (χ1n) is 4.82. The van der Waals surface area contributed by atoms with Crippen LogP contribution in [0.2, 0.25) is 0 Å². The van der Waals surface area contributed by atoms with Gasteiger partial charge in [0.1, 0.15) is 11.6 Å². The molecule has 1 aromatic rings. The van der Waals surface area contributed by atoms with Crippen molar-refractivity contribution in [3.05, 3.63) is 35.4 Å². The van der Waals surface area contributed by atoms with Crippen LogP contribution < -0.4 is 5.73 Å². The zero-order valence-electron chi connectivity index (χ0n) is 8.09. The standard InChI is InChI=1S/C11H11F2NO/c12-7-3-1-4-8(13)9(7)10(15)11(14)5-2-6-11/h1,3-4H,2,5-6,14H2. The summed E-state index contributed by atoms with van der Waals surface area (Å²) in [5.41, 5.74) is 4.18. The predicted octanol–water partition coefficient (Wildman–Crippen LogP) is 2.03. The zero-order valence-corrected chi connectivity index (χ0v) is 8.09. The fraction of sp³-hybridized carbons (Fsp3) is 0.364. The van der Waals surface area contributed by atoms with Crippen molar-refractivity contribution < 1.29 is 13.6 Å². The summed E-state index contributed by atoms with van der Waals surface area (Å²) >= 11 is 0. The molecule has 80 valence electrons. The Balaban J connectivity index is 2.41. The van der Waals surface area contributed by atoms with E-state index in [4.69, 9.17) is 5.73 Å². The second-order valence-electron chi connectivity index (χ2n) is 3.94. The van der Waals surface area contributed by atoms with E-state index in [1.54, 1.807) is 0 Å². The van der Waals surface area contributed by atoms with Gasteiger partial charge in [-0.15, -0.1) is 0 Å². The van der Waals surface area contributed by atoms with Gasteiger partial charge in [-0.05, 0) is 31.4 Å². The number of hydrogen-bond donors (Lipinski definition) is 1. The van der Waals surface area contributed by atoms with Crippen molar-refractivity contribution in [2.45, 2.75) is 24.8 Å². The molecule has 2 rings (SSSR count). The molecule has 1 fully saturated rings. The first-order valence-corrected chi connectivity index (χ1v) is 4.82. The molecule has 1 saturated carbocycles. The number of benzene rings is 1. The molecule has 1 aliphatic rings. The molecule has 0 saturated heterocycles. The summed E-state index contributed by atoms with van der Waals surface area (Å²) in [5, 5.41) is 0. The summed E-state index contributed by atoms with van der Waals surface area (Å²) in [6.07, 6.45) is 1.83. The highest BCUT2D eigenvalue weighted by molar-refractivity contribution is 6.04. The fourth-order valence-electron chi connectivity index (χ4n) is 1.75. The molecule has 2 nitrogen and oxygen atoms in total. The SMILES string of the molecule is NC1(C(=O)c2c(F)cccc2F)CCC1. The van der Waals surface area contributed by atoms with Gasteiger partial charge in [-0.2, -0.15) is 0 Å². The third kappa shape index (κ3) is 1.55. The van der Waals surface area contributed by atoms with Crippen LogP contribution in [-0.2, 0) is 0 Å². The van der Waals surface area contributed by atoms with Gasteiger partial charge in [-0.25, -0.2) is 8.78 Å². The van der Waals surface area contributed by atoms with Crippen molar-refractivity contribution in [2.75, 3.05) is 0 Å². The number of Topliss-reactive ketones (excluding diaryl/α,β-unsaturated/α-hetero) is 1. The number of carbonyl (C=O) groups is 1. The van der Waals surface area contributed by atoms with Gasteiger partial charge in [0.2, 0.25) is 0 Å². The number of hydrogen-bond acceptors (Lipinski definition) is 2. The van der Waals surface area contributed by atoms with E-state index in [0.717, 1.165) is 18.6 Å². The Kier molecular flexibility index (Phi) is 2.31. The van der Waals surface area contributed by atoms with E-state index in [-0.39, 0.29) is 0 Å². The van der Waals surface area contributed by atoms with E-state index in [2.05, 4.69) is 0 Å². The molecule has 0 amide bonds. The van der Waals surface area contributed by atoms with Gasteiger partial charge in [0.25, 0.3) is 0 Å². The van der Waals surface area contributed by atoms with Crippen LogP contribution in [0.3, 0.4) is 0 Å². The number of rotatable bonds is 2. The van der Waals surface area contributed by atoms with E-state index in [1.165, 1.54) is 6.07 Å². The molecule has 0 aromatic heterocycles. The Hall–Kier alpha value is -1.29. The number of ketones is 1. The maximum Gasteiger partial charge on any atom is 0.188 e. The van der Waals surface area contributed by atoms with Gasteiger partial charge in [-0.3, -0.25) is 4.79 Å². The third-order valence-electron chi connectivity index (χ3n) is 2.89.